The number of methoxy groups -OCH3 is 1. The summed E-state index contributed by atoms with van der Waals surface area (Å²) in [4.78, 5) is 36.7. The molecule has 30 heavy (non-hydrogen) atoms. The maximum atomic E-state index is 12.4. The molecule has 0 spiro atoms. The molecule has 1 atom stereocenters. The predicted octanol–water partition coefficient (Wildman–Crippen LogP) is 3.54. The zero-order valence-corrected chi connectivity index (χ0v) is 18.0. The van der Waals surface area contributed by atoms with E-state index in [1.165, 1.54) is 25.3 Å². The van der Waals surface area contributed by atoms with E-state index >= 15 is 0 Å². The molecule has 1 unspecified atom stereocenters. The lowest BCUT2D eigenvalue weighted by Gasteiger charge is -2.19. The third kappa shape index (κ3) is 6.93. The summed E-state index contributed by atoms with van der Waals surface area (Å²) in [5.41, 5.74) is 0.868. The summed E-state index contributed by atoms with van der Waals surface area (Å²) in [6, 6.07) is 10.8. The number of benzene rings is 2. The van der Waals surface area contributed by atoms with Crippen molar-refractivity contribution in [2.45, 2.75) is 19.4 Å². The van der Waals surface area contributed by atoms with E-state index < -0.39 is 23.8 Å². The van der Waals surface area contributed by atoms with Crippen LogP contribution in [0.15, 0.2) is 42.5 Å². The highest BCUT2D eigenvalue weighted by Crippen LogP contribution is 2.23. The van der Waals surface area contributed by atoms with Gasteiger partial charge in [-0.25, -0.2) is 0 Å². The van der Waals surface area contributed by atoms with Crippen molar-refractivity contribution in [1.29, 1.82) is 0 Å². The highest BCUT2D eigenvalue weighted by molar-refractivity contribution is 6.36. The first kappa shape index (κ1) is 23.5. The Morgan fingerprint density at radius 3 is 2.53 bits per heavy atom. The maximum absolute atomic E-state index is 12.4. The average Bonchev–Trinajstić information content (AvgIpc) is 2.71. The van der Waals surface area contributed by atoms with Crippen LogP contribution in [-0.4, -0.2) is 38.0 Å². The second-order valence-electron chi connectivity index (χ2n) is 6.21. The Kier molecular flexibility index (Phi) is 8.95. The van der Waals surface area contributed by atoms with E-state index in [0.29, 0.717) is 16.3 Å². The second kappa shape index (κ2) is 11.4. The van der Waals surface area contributed by atoms with Gasteiger partial charge in [-0.1, -0.05) is 35.3 Å². The van der Waals surface area contributed by atoms with Gasteiger partial charge in [0.25, 0.3) is 5.91 Å². The molecule has 0 aromatic heterocycles. The number of carbonyl (C=O) groups excluding carboxylic acids is 3. The highest BCUT2D eigenvalue weighted by Gasteiger charge is 2.20. The van der Waals surface area contributed by atoms with Crippen LogP contribution in [0.3, 0.4) is 0 Å². The van der Waals surface area contributed by atoms with Gasteiger partial charge in [-0.3, -0.25) is 14.4 Å². The smallest absolute Gasteiger partial charge is 0.308 e. The molecule has 0 saturated heterocycles. The van der Waals surface area contributed by atoms with Crippen molar-refractivity contribution in [2.75, 3.05) is 20.3 Å². The maximum Gasteiger partial charge on any atom is 0.308 e. The van der Waals surface area contributed by atoms with Gasteiger partial charge in [0.05, 0.1) is 43.3 Å². The predicted molar refractivity (Wildman–Crippen MR) is 114 cm³/mol. The molecular formula is C21H22Cl2N2O5. The molecule has 0 aliphatic heterocycles. The number of carbonyl (C=O) groups is 3. The fourth-order valence-corrected chi connectivity index (χ4v) is 3.17. The molecule has 2 aromatic rings. The van der Waals surface area contributed by atoms with Crippen LogP contribution < -0.4 is 15.4 Å². The van der Waals surface area contributed by atoms with Gasteiger partial charge in [-0.2, -0.15) is 0 Å². The van der Waals surface area contributed by atoms with Crippen molar-refractivity contribution in [2.24, 2.45) is 0 Å². The van der Waals surface area contributed by atoms with E-state index in [9.17, 15) is 14.4 Å². The minimum Gasteiger partial charge on any atom is -0.497 e. The number of nitrogens with one attached hydrogen (secondary N) is 2. The van der Waals surface area contributed by atoms with Crippen LogP contribution in [-0.2, 0) is 14.3 Å². The first-order valence-electron chi connectivity index (χ1n) is 9.16. The molecule has 0 heterocycles. The van der Waals surface area contributed by atoms with Crippen LogP contribution in [0.2, 0.25) is 10.0 Å². The molecule has 160 valence electrons. The fourth-order valence-electron chi connectivity index (χ4n) is 2.67. The van der Waals surface area contributed by atoms with Gasteiger partial charge in [-0.05, 0) is 42.8 Å². The molecule has 2 aromatic carbocycles. The summed E-state index contributed by atoms with van der Waals surface area (Å²) in [7, 11) is 1.52. The van der Waals surface area contributed by atoms with Gasteiger partial charge < -0.3 is 20.1 Å². The first-order chi connectivity index (χ1) is 14.3. The van der Waals surface area contributed by atoms with Crippen molar-refractivity contribution in [3.05, 3.63) is 63.6 Å². The average molecular weight is 453 g/mol. The second-order valence-corrected chi connectivity index (χ2v) is 7.06. The summed E-state index contributed by atoms with van der Waals surface area (Å²) in [5.74, 6) is -0.871. The van der Waals surface area contributed by atoms with Gasteiger partial charge in [-0.15, -0.1) is 0 Å². The Labute approximate surface area is 184 Å². The van der Waals surface area contributed by atoms with Crippen molar-refractivity contribution < 1.29 is 23.9 Å². The third-order valence-electron chi connectivity index (χ3n) is 4.09. The van der Waals surface area contributed by atoms with Gasteiger partial charge in [0.1, 0.15) is 5.75 Å². The molecule has 0 aliphatic rings. The van der Waals surface area contributed by atoms with Crippen LogP contribution in [0, 0.1) is 0 Å². The molecule has 9 heteroatoms. The number of rotatable bonds is 9. The normalized spacial score (nSPS) is 11.3. The van der Waals surface area contributed by atoms with E-state index in [4.69, 9.17) is 32.7 Å². The molecule has 0 fully saturated rings. The van der Waals surface area contributed by atoms with Crippen LogP contribution in [0.1, 0.15) is 35.3 Å². The quantitative estimate of drug-likeness (QED) is 0.567. The molecule has 0 aliphatic carbocycles. The summed E-state index contributed by atoms with van der Waals surface area (Å²) >= 11 is 11.8. The Bertz CT molecular complexity index is 920. The molecule has 0 bridgehead atoms. The number of hydrogen-bond donors (Lipinski definition) is 2. The first-order valence-corrected chi connectivity index (χ1v) is 9.91. The summed E-state index contributed by atoms with van der Waals surface area (Å²) < 4.78 is 10.2. The number of ether oxygens (including phenoxy) is 2. The number of amides is 2. The molecule has 0 saturated carbocycles. The van der Waals surface area contributed by atoms with Crippen molar-refractivity contribution in [3.8, 4) is 5.75 Å². The van der Waals surface area contributed by atoms with Gasteiger partial charge >= 0.3 is 5.97 Å². The monoisotopic (exact) mass is 452 g/mol. The van der Waals surface area contributed by atoms with Crippen molar-refractivity contribution in [3.63, 3.8) is 0 Å². The van der Waals surface area contributed by atoms with E-state index in [1.807, 2.05) is 0 Å². The number of esters is 1. The van der Waals surface area contributed by atoms with Crippen molar-refractivity contribution >= 4 is 41.0 Å². The topological polar surface area (TPSA) is 93.7 Å². The lowest BCUT2D eigenvalue weighted by Crippen LogP contribution is -2.39. The molecule has 2 N–H and O–H groups in total. The zero-order chi connectivity index (χ0) is 22.1. The van der Waals surface area contributed by atoms with Gasteiger partial charge in [0.15, 0.2) is 0 Å². The van der Waals surface area contributed by atoms with E-state index in [0.717, 1.165) is 0 Å². The summed E-state index contributed by atoms with van der Waals surface area (Å²) in [6.45, 7) is 1.63. The Morgan fingerprint density at radius 1 is 1.10 bits per heavy atom. The minimum atomic E-state index is -0.650. The van der Waals surface area contributed by atoms with Crippen molar-refractivity contribution in [1.82, 2.24) is 10.6 Å². The molecule has 7 nitrogen and oxygen atoms in total. The lowest BCUT2D eigenvalue weighted by molar-refractivity contribution is -0.143. The Balaban J connectivity index is 2.05. The van der Waals surface area contributed by atoms with Crippen LogP contribution in [0.5, 0.6) is 5.75 Å². The van der Waals surface area contributed by atoms with E-state index in [2.05, 4.69) is 10.6 Å². The van der Waals surface area contributed by atoms with Crippen LogP contribution in [0.25, 0.3) is 0 Å². The zero-order valence-electron chi connectivity index (χ0n) is 16.5. The highest BCUT2D eigenvalue weighted by atomic mass is 35.5. The number of hydrogen-bond acceptors (Lipinski definition) is 5. The number of halogens is 2. The molecule has 0 radical (unpaired) electrons. The molecular weight excluding hydrogens is 431 g/mol. The van der Waals surface area contributed by atoms with Gasteiger partial charge in [0.2, 0.25) is 5.91 Å². The minimum absolute atomic E-state index is 0.0658. The molecule has 2 amide bonds. The summed E-state index contributed by atoms with van der Waals surface area (Å²) in [6.07, 6.45) is -0.0658. The van der Waals surface area contributed by atoms with E-state index in [1.54, 1.807) is 31.2 Å². The largest absolute Gasteiger partial charge is 0.497 e. The lowest BCUT2D eigenvalue weighted by atomic mass is 10.0. The Hall–Kier alpha value is -2.77. The van der Waals surface area contributed by atoms with Gasteiger partial charge in [0, 0.05) is 5.02 Å². The fraction of sp³-hybridized carbons (Fsp3) is 0.286. The SMILES string of the molecule is CCOC(=O)CC(NC(=O)CNC(=O)c1ccc(Cl)cc1Cl)c1cccc(OC)c1. The van der Waals surface area contributed by atoms with E-state index in [-0.39, 0.29) is 30.2 Å². The van der Waals surface area contributed by atoms with Crippen LogP contribution in [0.4, 0.5) is 0 Å². The Morgan fingerprint density at radius 2 is 1.87 bits per heavy atom. The third-order valence-corrected chi connectivity index (χ3v) is 4.64. The summed E-state index contributed by atoms with van der Waals surface area (Å²) in [5, 5.41) is 5.81. The van der Waals surface area contributed by atoms with Crippen LogP contribution >= 0.6 is 23.2 Å². The molecule has 2 rings (SSSR count). The standard InChI is InChI=1S/C21H22Cl2N2O5/c1-3-30-20(27)11-18(13-5-4-6-15(9-13)29-2)25-19(26)12-24-21(28)16-8-7-14(22)10-17(16)23/h4-10,18H,3,11-12H2,1-2H3,(H,24,28)(H,25,26).